The predicted octanol–water partition coefficient (Wildman–Crippen LogP) is -0.399. The number of benzene rings is 1. The average Bonchev–Trinajstić information content (AvgIpc) is 3.17. The van der Waals surface area contributed by atoms with Crippen LogP contribution < -0.4 is 16.0 Å². The van der Waals surface area contributed by atoms with Crippen LogP contribution in [-0.4, -0.2) is 178 Å². The molecule has 0 aliphatic carbocycles. The van der Waals surface area contributed by atoms with Gasteiger partial charge in [0, 0.05) is 87.0 Å². The Labute approximate surface area is 312 Å². The van der Waals surface area contributed by atoms with Crippen LogP contribution >= 0.6 is 10.8 Å². The minimum atomic E-state index is -3.52. The number of carboxylic acids is 2. The molecule has 0 saturated carbocycles. The molecule has 5 N–H and O–H groups in total. The average molecular weight is 784 g/mol. The van der Waals surface area contributed by atoms with Crippen LogP contribution in [0, 0.1) is 6.92 Å². The Balaban J connectivity index is 1.54. The molecule has 18 nitrogen and oxygen atoms in total. The van der Waals surface area contributed by atoms with E-state index in [1.54, 1.807) is 4.90 Å². The molecule has 1 atom stereocenters. The van der Waals surface area contributed by atoms with Gasteiger partial charge in [0.25, 0.3) is 6.47 Å². The maximum atomic E-state index is 13.1. The standard InChI is InChI=1S/C33H49N7O11S2/c1-24-16-26(17-28-27(24)5-4-25(2)34-28)35-30(42)18-39(20-32(44)45)10-8-37-6-7-38(13-15-50-14-12-37)9-11-40(22-51-23-41)19-31(43)36-29(33(46)47)21-52-53(3,48)49/h4-5,16-17,23,29,34H,2,6-15,18-22H2,1,3H3,(H,35,42)(H,36,43)(H,44,45)(H,46,47). The van der Waals surface area contributed by atoms with Crippen LogP contribution in [0.15, 0.2) is 30.5 Å². The van der Waals surface area contributed by atoms with Gasteiger partial charge in [-0.25, -0.2) is 13.2 Å². The summed E-state index contributed by atoms with van der Waals surface area (Å²) in [6.07, 6.45) is 4.77. The Morgan fingerprint density at radius 1 is 1.02 bits per heavy atom. The molecule has 2 aliphatic heterocycles. The molecule has 1 fully saturated rings. The number of anilines is 2. The number of fused-ring (bicyclic) bond motifs is 1. The van der Waals surface area contributed by atoms with Crippen molar-refractivity contribution < 1.29 is 52.1 Å². The van der Waals surface area contributed by atoms with E-state index in [0.717, 1.165) is 28.8 Å². The number of ether oxygens (including phenoxy) is 2. The van der Waals surface area contributed by atoms with Crippen LogP contribution in [-0.2, 0) is 42.3 Å². The number of hydrogen-bond donors (Lipinski definition) is 5. The first kappa shape index (κ1) is 43.4. The largest absolute Gasteiger partial charge is 0.480 e. The highest BCUT2D eigenvalue weighted by Gasteiger charge is 2.24. The maximum Gasteiger partial charge on any atom is 0.327 e. The molecular formula is C33H49N7O11S2. The number of aliphatic carboxylic acids is 2. The van der Waals surface area contributed by atoms with E-state index >= 15 is 0 Å². The molecule has 1 aromatic carbocycles. The zero-order valence-corrected chi connectivity index (χ0v) is 31.6. The van der Waals surface area contributed by atoms with Gasteiger partial charge < -0.3 is 35.6 Å². The zero-order chi connectivity index (χ0) is 39.0. The molecule has 20 heteroatoms. The van der Waals surface area contributed by atoms with Crippen molar-refractivity contribution in [2.24, 2.45) is 0 Å². The van der Waals surface area contributed by atoms with E-state index in [1.807, 2.05) is 31.2 Å². The second-order valence-corrected chi connectivity index (χ2v) is 17.1. The first-order valence-electron chi connectivity index (χ1n) is 16.8. The fourth-order valence-corrected chi connectivity index (χ4v) is 7.30. The first-order chi connectivity index (χ1) is 25.1. The number of carbonyl (C=O) groups excluding carboxylic acids is 3. The molecule has 1 aromatic rings. The van der Waals surface area contributed by atoms with Crippen molar-refractivity contribution in [3.8, 4) is 0 Å². The summed E-state index contributed by atoms with van der Waals surface area (Å²) in [7, 11) is -3.11. The van der Waals surface area contributed by atoms with Crippen molar-refractivity contribution in [2.45, 2.75) is 13.0 Å². The Morgan fingerprint density at radius 2 is 1.66 bits per heavy atom. The van der Waals surface area contributed by atoms with Crippen molar-refractivity contribution in [1.29, 1.82) is 0 Å². The normalized spacial score (nSPS) is 16.1. The minimum Gasteiger partial charge on any atom is -0.480 e. The number of allylic oxidation sites excluding steroid dienone is 1. The van der Waals surface area contributed by atoms with Gasteiger partial charge in [-0.1, -0.05) is 12.7 Å². The SMILES string of the molecule is C=C1C=Cc2c(C)cc(NC(=O)CN(CCN3CCOCCN(CCN(COC=O)CC(=O)NC(CSS(C)(=O)=O)C(=O)O)CC3)CC(=O)O)cc2N1. The summed E-state index contributed by atoms with van der Waals surface area (Å²) in [6, 6.07) is 2.23. The summed E-state index contributed by atoms with van der Waals surface area (Å²) in [4.78, 5) is 67.2. The van der Waals surface area contributed by atoms with E-state index in [9.17, 15) is 42.6 Å². The Hall–Kier alpha value is -4.05. The Morgan fingerprint density at radius 3 is 2.26 bits per heavy atom. The molecule has 1 unspecified atom stereocenters. The van der Waals surface area contributed by atoms with Crippen LogP contribution in [0.5, 0.6) is 0 Å². The van der Waals surface area contributed by atoms with Crippen LogP contribution in [0.4, 0.5) is 11.4 Å². The number of rotatable bonds is 21. The number of aryl methyl sites for hydroxylation is 1. The first-order valence-corrected chi connectivity index (χ1v) is 20.2. The van der Waals surface area contributed by atoms with Gasteiger partial charge in [0.1, 0.15) is 12.8 Å². The molecule has 1 saturated heterocycles. The van der Waals surface area contributed by atoms with Crippen LogP contribution in [0.2, 0.25) is 0 Å². The molecule has 0 spiro atoms. The third kappa shape index (κ3) is 16.7. The summed E-state index contributed by atoms with van der Waals surface area (Å²) in [5.41, 5.74) is 4.08. The maximum absolute atomic E-state index is 13.1. The van der Waals surface area contributed by atoms with E-state index in [-0.39, 0.29) is 51.0 Å². The molecule has 0 bridgehead atoms. The van der Waals surface area contributed by atoms with Gasteiger partial charge in [0.15, 0.2) is 8.87 Å². The lowest BCUT2D eigenvalue weighted by molar-refractivity contribution is -0.142. The van der Waals surface area contributed by atoms with Gasteiger partial charge in [-0.15, -0.1) is 0 Å². The highest BCUT2D eigenvalue weighted by atomic mass is 33.1. The fourth-order valence-electron chi connectivity index (χ4n) is 5.55. The van der Waals surface area contributed by atoms with Gasteiger partial charge in [-0.2, -0.15) is 0 Å². The summed E-state index contributed by atoms with van der Waals surface area (Å²) in [6.45, 7) is 9.81. The number of nitrogens with one attached hydrogen (secondary N) is 3. The highest BCUT2D eigenvalue weighted by Crippen LogP contribution is 2.30. The van der Waals surface area contributed by atoms with Gasteiger partial charge in [0.2, 0.25) is 11.8 Å². The van der Waals surface area contributed by atoms with E-state index in [1.165, 1.54) is 4.90 Å². The lowest BCUT2D eigenvalue weighted by atomic mass is 10.0. The summed E-state index contributed by atoms with van der Waals surface area (Å²) < 4.78 is 33.6. The number of carboxylic acid groups (broad SMARTS) is 2. The molecule has 53 heavy (non-hydrogen) atoms. The predicted molar refractivity (Wildman–Crippen MR) is 200 cm³/mol. The molecular weight excluding hydrogens is 735 g/mol. The molecule has 2 heterocycles. The van der Waals surface area contributed by atoms with Crippen LogP contribution in [0.25, 0.3) is 6.08 Å². The van der Waals surface area contributed by atoms with Crippen LogP contribution in [0.1, 0.15) is 11.1 Å². The summed E-state index contributed by atoms with van der Waals surface area (Å²) in [5.74, 6) is -3.85. The number of amides is 2. The fraction of sp³-hybridized carbons (Fsp3) is 0.545. The zero-order valence-electron chi connectivity index (χ0n) is 30.0. The third-order valence-corrected chi connectivity index (χ3v) is 10.8. The van der Waals surface area contributed by atoms with Crippen molar-refractivity contribution in [2.75, 3.05) is 115 Å². The number of carbonyl (C=O) groups is 5. The van der Waals surface area contributed by atoms with Gasteiger partial charge in [0.05, 0.1) is 32.8 Å². The number of hydrogen-bond acceptors (Lipinski definition) is 15. The second-order valence-electron chi connectivity index (χ2n) is 12.6. The van der Waals surface area contributed by atoms with E-state index < -0.39 is 32.8 Å². The molecule has 294 valence electrons. The topological polar surface area (TPSA) is 227 Å². The van der Waals surface area contributed by atoms with Crippen molar-refractivity contribution in [3.05, 3.63) is 41.6 Å². The summed E-state index contributed by atoms with van der Waals surface area (Å²) >= 11 is 0. The minimum absolute atomic E-state index is 0.130. The van der Waals surface area contributed by atoms with Gasteiger partial charge >= 0.3 is 11.9 Å². The lowest BCUT2D eigenvalue weighted by Crippen LogP contribution is -2.49. The van der Waals surface area contributed by atoms with Crippen molar-refractivity contribution >= 4 is 67.3 Å². The van der Waals surface area contributed by atoms with Crippen molar-refractivity contribution in [1.82, 2.24) is 24.9 Å². The monoisotopic (exact) mass is 783 g/mol. The van der Waals surface area contributed by atoms with Crippen molar-refractivity contribution in [3.63, 3.8) is 0 Å². The van der Waals surface area contributed by atoms with E-state index in [0.29, 0.717) is 75.5 Å². The molecule has 0 radical (unpaired) electrons. The van der Waals surface area contributed by atoms with Gasteiger partial charge in [-0.3, -0.25) is 38.8 Å². The quantitative estimate of drug-likeness (QED) is 0.0607. The molecule has 2 amide bonds. The number of nitrogens with zero attached hydrogens (tertiary/aromatic N) is 4. The second kappa shape index (κ2) is 21.6. The Kier molecular flexibility index (Phi) is 17.7. The van der Waals surface area contributed by atoms with Gasteiger partial charge in [-0.05, 0) is 41.5 Å². The third-order valence-electron chi connectivity index (χ3n) is 8.22. The molecule has 3 rings (SSSR count). The molecule has 2 aliphatic rings. The summed E-state index contributed by atoms with van der Waals surface area (Å²) in [5, 5.41) is 27.4. The van der Waals surface area contributed by atoms with E-state index in [2.05, 4.69) is 32.3 Å². The van der Waals surface area contributed by atoms with E-state index in [4.69, 9.17) is 9.47 Å². The lowest BCUT2D eigenvalue weighted by Gasteiger charge is -2.29. The van der Waals surface area contributed by atoms with Crippen LogP contribution in [0.3, 0.4) is 0 Å². The molecule has 0 aromatic heterocycles. The smallest absolute Gasteiger partial charge is 0.327 e. The Bertz CT molecular complexity index is 1610. The highest BCUT2D eigenvalue weighted by molar-refractivity contribution is 8.71.